The lowest BCUT2D eigenvalue weighted by molar-refractivity contribution is 0.0295. The first kappa shape index (κ1) is 18.4. The van der Waals surface area contributed by atoms with Crippen LogP contribution in [0, 0.1) is 6.92 Å². The van der Waals surface area contributed by atoms with Crippen LogP contribution in [0.5, 0.6) is 0 Å². The summed E-state index contributed by atoms with van der Waals surface area (Å²) in [6.07, 6.45) is 0. The zero-order valence-electron chi connectivity index (χ0n) is 15.2. The fourth-order valence-electron chi connectivity index (χ4n) is 3.52. The van der Waals surface area contributed by atoms with Crippen LogP contribution >= 0.6 is 11.6 Å². The molecule has 28 heavy (non-hydrogen) atoms. The molecule has 1 heterocycles. The van der Waals surface area contributed by atoms with Gasteiger partial charge in [-0.25, -0.2) is 0 Å². The highest BCUT2D eigenvalue weighted by Crippen LogP contribution is 2.34. The van der Waals surface area contributed by atoms with Crippen LogP contribution in [0.1, 0.15) is 37.4 Å². The third-order valence-electron chi connectivity index (χ3n) is 5.12. The van der Waals surface area contributed by atoms with Gasteiger partial charge in [0, 0.05) is 5.02 Å². The predicted molar refractivity (Wildman–Crippen MR) is 107 cm³/mol. The fraction of sp³-hybridized carbons (Fsp3) is 0.130. The number of aryl methyl sites for hydroxylation is 1. The summed E-state index contributed by atoms with van der Waals surface area (Å²) in [5, 5.41) is 12.3. The SMILES string of the molecule is Cc1ccc(C(O)(CN2C(=O)c3ccccc3C2=O)c2ccc(Cl)cc2)cc1. The molecule has 3 aromatic carbocycles. The summed E-state index contributed by atoms with van der Waals surface area (Å²) in [5.41, 5.74) is 1.34. The highest BCUT2D eigenvalue weighted by atomic mass is 35.5. The van der Waals surface area contributed by atoms with Gasteiger partial charge in [0.15, 0.2) is 0 Å². The van der Waals surface area contributed by atoms with Gasteiger partial charge in [-0.2, -0.15) is 0 Å². The second-order valence-corrected chi connectivity index (χ2v) is 7.41. The molecule has 1 N–H and O–H groups in total. The van der Waals surface area contributed by atoms with Crippen molar-refractivity contribution in [1.29, 1.82) is 0 Å². The van der Waals surface area contributed by atoms with E-state index in [4.69, 9.17) is 11.6 Å². The number of halogens is 1. The van der Waals surface area contributed by atoms with E-state index in [2.05, 4.69) is 0 Å². The first-order valence-electron chi connectivity index (χ1n) is 8.91. The Morgan fingerprint density at radius 2 is 1.29 bits per heavy atom. The number of rotatable bonds is 4. The lowest BCUT2D eigenvalue weighted by Gasteiger charge is -2.33. The van der Waals surface area contributed by atoms with Crippen LogP contribution < -0.4 is 0 Å². The van der Waals surface area contributed by atoms with E-state index in [0.29, 0.717) is 27.3 Å². The van der Waals surface area contributed by atoms with Gasteiger partial charge in [-0.1, -0.05) is 65.7 Å². The Morgan fingerprint density at radius 1 is 0.821 bits per heavy atom. The largest absolute Gasteiger partial charge is 0.378 e. The molecule has 140 valence electrons. The van der Waals surface area contributed by atoms with Crippen LogP contribution in [-0.2, 0) is 5.60 Å². The zero-order chi connectivity index (χ0) is 19.9. The summed E-state index contributed by atoms with van der Waals surface area (Å²) >= 11 is 6.01. The van der Waals surface area contributed by atoms with Gasteiger partial charge in [-0.05, 0) is 42.3 Å². The minimum atomic E-state index is -1.56. The molecule has 0 saturated heterocycles. The molecule has 2 amide bonds. The Bertz CT molecular complexity index is 977. The van der Waals surface area contributed by atoms with Crippen LogP contribution in [0.3, 0.4) is 0 Å². The second kappa shape index (κ2) is 6.89. The van der Waals surface area contributed by atoms with Gasteiger partial charge in [0.25, 0.3) is 11.8 Å². The van der Waals surface area contributed by atoms with Crippen molar-refractivity contribution in [2.24, 2.45) is 0 Å². The second-order valence-electron chi connectivity index (χ2n) is 6.98. The number of nitrogens with zero attached hydrogens (tertiary/aromatic N) is 1. The maximum Gasteiger partial charge on any atom is 0.261 e. The number of fused-ring (bicyclic) bond motifs is 1. The lowest BCUT2D eigenvalue weighted by Crippen LogP contribution is -2.44. The number of aliphatic hydroxyl groups is 1. The van der Waals surface area contributed by atoms with Crippen molar-refractivity contribution in [3.8, 4) is 0 Å². The van der Waals surface area contributed by atoms with Crippen molar-refractivity contribution in [2.45, 2.75) is 12.5 Å². The summed E-state index contributed by atoms with van der Waals surface area (Å²) in [6.45, 7) is 1.76. The van der Waals surface area contributed by atoms with Crippen molar-refractivity contribution in [2.75, 3.05) is 6.54 Å². The van der Waals surface area contributed by atoms with E-state index >= 15 is 0 Å². The van der Waals surface area contributed by atoms with E-state index < -0.39 is 17.4 Å². The Kier molecular flexibility index (Phi) is 4.53. The molecule has 0 aliphatic carbocycles. The summed E-state index contributed by atoms with van der Waals surface area (Å²) < 4.78 is 0. The Hall–Kier alpha value is -2.95. The third-order valence-corrected chi connectivity index (χ3v) is 5.37. The predicted octanol–water partition coefficient (Wildman–Crippen LogP) is 4.18. The standard InChI is InChI=1S/C23H18ClNO3/c1-15-6-8-16(9-7-15)23(28,17-10-12-18(24)13-11-17)14-25-21(26)19-4-2-3-5-20(19)22(25)27/h2-13,28H,14H2,1H3. The molecular formula is C23H18ClNO3. The average molecular weight is 392 g/mol. The van der Waals surface area contributed by atoms with Gasteiger partial charge in [0.1, 0.15) is 5.60 Å². The third kappa shape index (κ3) is 3.01. The molecule has 1 aliphatic heterocycles. The van der Waals surface area contributed by atoms with Gasteiger partial charge >= 0.3 is 0 Å². The number of carbonyl (C=O) groups is 2. The number of hydrogen-bond donors (Lipinski definition) is 1. The summed E-state index contributed by atoms with van der Waals surface area (Å²) in [5.74, 6) is -0.805. The first-order chi connectivity index (χ1) is 13.4. The normalized spacial score (nSPS) is 15.5. The van der Waals surface area contributed by atoms with Crippen LogP contribution in [0.15, 0.2) is 72.8 Å². The van der Waals surface area contributed by atoms with Crippen molar-refractivity contribution in [3.63, 3.8) is 0 Å². The minimum Gasteiger partial charge on any atom is -0.378 e. The van der Waals surface area contributed by atoms with Crippen molar-refractivity contribution < 1.29 is 14.7 Å². The molecule has 0 radical (unpaired) electrons. The maximum atomic E-state index is 12.8. The monoisotopic (exact) mass is 391 g/mol. The highest BCUT2D eigenvalue weighted by molar-refractivity contribution is 6.30. The number of benzene rings is 3. The molecule has 0 saturated carbocycles. The smallest absolute Gasteiger partial charge is 0.261 e. The van der Waals surface area contributed by atoms with Gasteiger partial charge in [-0.3, -0.25) is 14.5 Å². The van der Waals surface area contributed by atoms with Gasteiger partial charge < -0.3 is 5.11 Å². The van der Waals surface area contributed by atoms with Crippen LogP contribution in [-0.4, -0.2) is 28.4 Å². The van der Waals surface area contributed by atoms with Gasteiger partial charge in [0.05, 0.1) is 17.7 Å². The molecule has 3 aromatic rings. The Balaban J connectivity index is 1.79. The average Bonchev–Trinajstić information content (AvgIpc) is 2.94. The van der Waals surface area contributed by atoms with E-state index in [0.717, 1.165) is 10.5 Å². The number of carbonyl (C=O) groups excluding carboxylic acids is 2. The molecule has 4 nitrogen and oxygen atoms in total. The van der Waals surface area contributed by atoms with E-state index in [9.17, 15) is 14.7 Å². The van der Waals surface area contributed by atoms with Crippen molar-refractivity contribution in [1.82, 2.24) is 4.90 Å². The van der Waals surface area contributed by atoms with Crippen LogP contribution in [0.25, 0.3) is 0 Å². The fourth-order valence-corrected chi connectivity index (χ4v) is 3.64. The topological polar surface area (TPSA) is 57.6 Å². The molecule has 1 aliphatic rings. The number of imide groups is 1. The van der Waals surface area contributed by atoms with Crippen LogP contribution in [0.2, 0.25) is 5.02 Å². The lowest BCUT2D eigenvalue weighted by atomic mass is 9.85. The zero-order valence-corrected chi connectivity index (χ0v) is 16.0. The van der Waals surface area contributed by atoms with Gasteiger partial charge in [-0.15, -0.1) is 0 Å². The number of β-amino-alcohol motifs (C(OH)–C–C–N with tert-alkyl or cyclic N) is 1. The van der Waals surface area contributed by atoms with E-state index in [-0.39, 0.29) is 6.54 Å². The molecule has 0 bridgehead atoms. The van der Waals surface area contributed by atoms with Gasteiger partial charge in [0.2, 0.25) is 0 Å². The van der Waals surface area contributed by atoms with E-state index in [1.165, 1.54) is 0 Å². The van der Waals surface area contributed by atoms with E-state index in [1.54, 1.807) is 48.5 Å². The molecule has 0 fully saturated rings. The molecule has 1 unspecified atom stereocenters. The molecule has 1 atom stereocenters. The minimum absolute atomic E-state index is 0.190. The number of hydrogen-bond acceptors (Lipinski definition) is 3. The molecule has 5 heteroatoms. The molecule has 0 spiro atoms. The van der Waals surface area contributed by atoms with Crippen LogP contribution in [0.4, 0.5) is 0 Å². The van der Waals surface area contributed by atoms with Crippen molar-refractivity contribution >= 4 is 23.4 Å². The summed E-state index contributed by atoms with van der Waals surface area (Å²) in [4.78, 5) is 26.8. The number of amides is 2. The quantitative estimate of drug-likeness (QED) is 0.679. The molecule has 4 rings (SSSR count). The molecular weight excluding hydrogens is 374 g/mol. The summed E-state index contributed by atoms with van der Waals surface area (Å²) in [6, 6.07) is 20.9. The Labute approximate surface area is 168 Å². The Morgan fingerprint density at radius 3 is 1.79 bits per heavy atom. The highest BCUT2D eigenvalue weighted by Gasteiger charge is 2.42. The summed E-state index contributed by atoms with van der Waals surface area (Å²) in [7, 11) is 0. The maximum absolute atomic E-state index is 12.8. The van der Waals surface area contributed by atoms with Crippen molar-refractivity contribution in [3.05, 3.63) is 106 Å². The molecule has 0 aromatic heterocycles. The van der Waals surface area contributed by atoms with E-state index in [1.807, 2.05) is 31.2 Å². The first-order valence-corrected chi connectivity index (χ1v) is 9.29.